The number of piperazine rings is 1. The van der Waals surface area contributed by atoms with E-state index in [1.165, 1.54) is 5.00 Å². The maximum atomic E-state index is 6.03. The van der Waals surface area contributed by atoms with Crippen LogP contribution in [-0.4, -0.2) is 60.8 Å². The maximum Gasteiger partial charge on any atom is 0.228 e. The highest BCUT2D eigenvalue weighted by atomic mass is 127. The maximum absolute atomic E-state index is 6.03. The van der Waals surface area contributed by atoms with Gasteiger partial charge in [-0.3, -0.25) is 4.99 Å². The van der Waals surface area contributed by atoms with Gasteiger partial charge in [-0.1, -0.05) is 28.9 Å². The largest absolute Gasteiger partial charge is 0.360 e. The Morgan fingerprint density at radius 3 is 2.77 bits per heavy atom. The van der Waals surface area contributed by atoms with Gasteiger partial charge in [0.05, 0.1) is 5.00 Å². The number of aromatic nitrogens is 2. The predicted molar refractivity (Wildman–Crippen MR) is 133 cm³/mol. The van der Waals surface area contributed by atoms with Crippen molar-refractivity contribution in [3.05, 3.63) is 52.7 Å². The normalized spacial score (nSPS) is 14.5. The lowest BCUT2D eigenvalue weighted by Gasteiger charge is -2.37. The van der Waals surface area contributed by atoms with Crippen LogP contribution in [0.1, 0.15) is 5.89 Å². The highest BCUT2D eigenvalue weighted by Gasteiger charge is 2.20. The second-order valence-corrected chi connectivity index (χ2v) is 8.03. The molecule has 3 heterocycles. The summed E-state index contributed by atoms with van der Waals surface area (Å²) >= 11 is 7.82. The number of anilines is 1. The van der Waals surface area contributed by atoms with Crippen LogP contribution in [-0.2, 0) is 6.42 Å². The molecule has 0 amide bonds. The Hall–Kier alpha value is -1.85. The van der Waals surface area contributed by atoms with E-state index in [1.807, 2.05) is 31.3 Å². The van der Waals surface area contributed by atoms with Crippen LogP contribution in [0.3, 0.4) is 0 Å². The van der Waals surface area contributed by atoms with E-state index in [0.717, 1.165) is 37.7 Å². The van der Waals surface area contributed by atoms with Gasteiger partial charge in [-0.2, -0.15) is 4.98 Å². The van der Waals surface area contributed by atoms with Crippen LogP contribution in [0.2, 0.25) is 5.02 Å². The molecule has 0 bridgehead atoms. The van der Waals surface area contributed by atoms with Gasteiger partial charge in [0.25, 0.3) is 0 Å². The molecule has 1 aliphatic rings. The summed E-state index contributed by atoms with van der Waals surface area (Å²) in [5.41, 5.74) is 0.847. The van der Waals surface area contributed by atoms with E-state index in [2.05, 4.69) is 47.8 Å². The summed E-state index contributed by atoms with van der Waals surface area (Å²) in [6.07, 6.45) is 0.627. The number of thiophene rings is 1. The van der Waals surface area contributed by atoms with Gasteiger partial charge in [0.2, 0.25) is 11.7 Å². The number of guanidine groups is 1. The fourth-order valence-corrected chi connectivity index (χ4v) is 4.28. The van der Waals surface area contributed by atoms with Gasteiger partial charge in [-0.05, 0) is 29.6 Å². The number of rotatable bonds is 5. The van der Waals surface area contributed by atoms with Crippen LogP contribution in [0.5, 0.6) is 0 Å². The number of aliphatic imine (C=N–C) groups is 1. The van der Waals surface area contributed by atoms with Crippen LogP contribution < -0.4 is 10.2 Å². The molecule has 3 aromatic rings. The third-order valence-corrected chi connectivity index (χ3v) is 5.95. The zero-order valence-electron chi connectivity index (χ0n) is 16.6. The van der Waals surface area contributed by atoms with Crippen LogP contribution in [0.25, 0.3) is 11.4 Å². The molecule has 1 fully saturated rings. The summed E-state index contributed by atoms with van der Waals surface area (Å²) in [4.78, 5) is 13.6. The Morgan fingerprint density at radius 1 is 1.23 bits per heavy atom. The number of hydrogen-bond acceptors (Lipinski definition) is 6. The molecule has 4 rings (SSSR count). The third-order valence-electron chi connectivity index (χ3n) is 4.78. The lowest BCUT2D eigenvalue weighted by molar-refractivity contribution is 0.365. The number of nitrogens with one attached hydrogen (secondary N) is 1. The molecule has 10 heteroatoms. The van der Waals surface area contributed by atoms with Crippen molar-refractivity contribution in [3.8, 4) is 11.4 Å². The molecule has 1 aliphatic heterocycles. The molecule has 1 saturated heterocycles. The number of hydrogen-bond donors (Lipinski definition) is 1. The molecule has 0 unspecified atom stereocenters. The van der Waals surface area contributed by atoms with Crippen molar-refractivity contribution in [3.63, 3.8) is 0 Å². The van der Waals surface area contributed by atoms with Crippen molar-refractivity contribution < 1.29 is 4.52 Å². The van der Waals surface area contributed by atoms with Crippen molar-refractivity contribution >= 4 is 57.9 Å². The van der Waals surface area contributed by atoms with Gasteiger partial charge in [0.1, 0.15) is 0 Å². The Labute approximate surface area is 202 Å². The highest BCUT2D eigenvalue weighted by Crippen LogP contribution is 2.22. The molecule has 30 heavy (non-hydrogen) atoms. The Bertz CT molecular complexity index is 956. The zero-order chi connectivity index (χ0) is 20.1. The van der Waals surface area contributed by atoms with Crippen molar-refractivity contribution in [1.82, 2.24) is 20.4 Å². The van der Waals surface area contributed by atoms with E-state index in [-0.39, 0.29) is 24.0 Å². The van der Waals surface area contributed by atoms with Crippen LogP contribution in [0, 0.1) is 0 Å². The summed E-state index contributed by atoms with van der Waals surface area (Å²) in [7, 11) is 1.82. The van der Waals surface area contributed by atoms with Crippen LogP contribution in [0.4, 0.5) is 5.00 Å². The van der Waals surface area contributed by atoms with E-state index in [1.54, 1.807) is 11.3 Å². The first-order valence-electron chi connectivity index (χ1n) is 9.55. The highest BCUT2D eigenvalue weighted by molar-refractivity contribution is 14.0. The van der Waals surface area contributed by atoms with E-state index >= 15 is 0 Å². The molecule has 1 N–H and O–H groups in total. The molecular weight excluding hydrogens is 535 g/mol. The lowest BCUT2D eigenvalue weighted by atomic mass is 10.2. The summed E-state index contributed by atoms with van der Waals surface area (Å²) in [6.45, 7) is 4.55. The minimum atomic E-state index is 0. The van der Waals surface area contributed by atoms with E-state index in [9.17, 15) is 0 Å². The average molecular weight is 559 g/mol. The molecule has 1 aromatic carbocycles. The van der Waals surface area contributed by atoms with Gasteiger partial charge < -0.3 is 19.6 Å². The second kappa shape index (κ2) is 11.0. The van der Waals surface area contributed by atoms with Crippen molar-refractivity contribution in [2.45, 2.75) is 6.42 Å². The van der Waals surface area contributed by atoms with Crippen LogP contribution in [0.15, 0.2) is 51.3 Å². The van der Waals surface area contributed by atoms with Crippen molar-refractivity contribution in [1.29, 1.82) is 0 Å². The number of halogens is 2. The van der Waals surface area contributed by atoms with E-state index in [4.69, 9.17) is 16.1 Å². The molecule has 2 aromatic heterocycles. The Balaban J connectivity index is 0.00000256. The minimum absolute atomic E-state index is 0. The Morgan fingerprint density at radius 2 is 2.07 bits per heavy atom. The summed E-state index contributed by atoms with van der Waals surface area (Å²) in [6, 6.07) is 11.7. The molecule has 0 atom stereocenters. The molecule has 160 valence electrons. The predicted octanol–water partition coefficient (Wildman–Crippen LogP) is 4.01. The molecule has 0 spiro atoms. The van der Waals surface area contributed by atoms with E-state index in [0.29, 0.717) is 29.7 Å². The minimum Gasteiger partial charge on any atom is -0.360 e. The first-order valence-corrected chi connectivity index (χ1v) is 10.8. The topological polar surface area (TPSA) is 69.8 Å². The molecular formula is C20H24ClIN6OS. The monoisotopic (exact) mass is 558 g/mol. The van der Waals surface area contributed by atoms with Gasteiger partial charge in [-0.15, -0.1) is 35.3 Å². The molecule has 0 aliphatic carbocycles. The summed E-state index contributed by atoms with van der Waals surface area (Å²) < 4.78 is 5.37. The summed E-state index contributed by atoms with van der Waals surface area (Å²) in [5, 5.41) is 11.6. The second-order valence-electron chi connectivity index (χ2n) is 6.67. The fraction of sp³-hybridized carbons (Fsp3) is 0.350. The first kappa shape index (κ1) is 22.8. The lowest BCUT2D eigenvalue weighted by Crippen LogP contribution is -2.52. The van der Waals surface area contributed by atoms with Gasteiger partial charge in [0, 0.05) is 56.8 Å². The number of benzene rings is 1. The SMILES string of the molecule is CN=C(NCCc1nc(-c2cccc(Cl)c2)no1)N1CCN(c2cccs2)CC1.I. The van der Waals surface area contributed by atoms with Gasteiger partial charge in [0.15, 0.2) is 5.96 Å². The van der Waals surface area contributed by atoms with Gasteiger partial charge in [-0.25, -0.2) is 0 Å². The molecule has 0 saturated carbocycles. The fourth-order valence-electron chi connectivity index (χ4n) is 3.30. The number of nitrogens with zero attached hydrogens (tertiary/aromatic N) is 5. The summed E-state index contributed by atoms with van der Waals surface area (Å²) in [5.74, 6) is 2.05. The zero-order valence-corrected chi connectivity index (χ0v) is 20.5. The molecule has 7 nitrogen and oxygen atoms in total. The quantitative estimate of drug-likeness (QED) is 0.290. The first-order chi connectivity index (χ1) is 14.2. The van der Waals surface area contributed by atoms with Crippen molar-refractivity contribution in [2.75, 3.05) is 44.7 Å². The standard InChI is InChI=1S/C20H23ClN6OS.HI/c1-22-20(27-11-9-26(10-12-27)18-6-3-13-29-18)23-8-7-17-24-19(25-28-17)15-4-2-5-16(21)14-15;/h2-6,13-14H,7-12H2,1H3,(H,22,23);1H. The Kier molecular flexibility index (Phi) is 8.34. The van der Waals surface area contributed by atoms with Crippen molar-refractivity contribution in [2.24, 2.45) is 4.99 Å². The van der Waals surface area contributed by atoms with E-state index < -0.39 is 0 Å². The third kappa shape index (κ3) is 5.64. The van der Waals surface area contributed by atoms with Crippen LogP contribution >= 0.6 is 46.9 Å². The molecule has 0 radical (unpaired) electrons. The average Bonchev–Trinajstić information content (AvgIpc) is 3.44. The van der Waals surface area contributed by atoms with Gasteiger partial charge >= 0.3 is 0 Å². The smallest absolute Gasteiger partial charge is 0.228 e.